The lowest BCUT2D eigenvalue weighted by Crippen LogP contribution is -2.57. The van der Waals surface area contributed by atoms with E-state index in [-0.39, 0.29) is 18.4 Å². The Morgan fingerprint density at radius 1 is 0.603 bits per heavy atom. The fourth-order valence-corrected chi connectivity index (χ4v) is 9.53. The van der Waals surface area contributed by atoms with E-state index < -0.39 is 17.2 Å². The average molecular weight is 897 g/mol. The third kappa shape index (κ3) is 13.2. The molecule has 0 atom stereocenters. The highest BCUT2D eigenvalue weighted by molar-refractivity contribution is 7.99. The molecule has 0 N–H and O–H groups in total. The number of ether oxygens (including phenoxy) is 6. The van der Waals surface area contributed by atoms with Crippen molar-refractivity contribution in [3.8, 4) is 11.5 Å². The number of nitrogens with zero attached hydrogens (tertiary/aromatic N) is 2. The molecule has 2 fully saturated rings. The fourth-order valence-electron chi connectivity index (χ4n) is 7.90. The van der Waals surface area contributed by atoms with E-state index in [1.807, 2.05) is 97.1 Å². The summed E-state index contributed by atoms with van der Waals surface area (Å²) in [6, 6.07) is 30.7. The molecule has 63 heavy (non-hydrogen) atoms. The van der Waals surface area contributed by atoms with Crippen LogP contribution in [0.3, 0.4) is 0 Å². The van der Waals surface area contributed by atoms with Gasteiger partial charge in [0.15, 0.2) is 18.4 Å². The molecule has 0 bridgehead atoms. The third-order valence-electron chi connectivity index (χ3n) is 11.3. The maximum absolute atomic E-state index is 13.7. The second kappa shape index (κ2) is 24.9. The largest absolute Gasteiger partial charge is 0.513 e. The van der Waals surface area contributed by atoms with Crippen LogP contribution in [0, 0.1) is 0 Å². The molecule has 2 aliphatic rings. The van der Waals surface area contributed by atoms with Gasteiger partial charge in [0.1, 0.15) is 11.5 Å². The highest BCUT2D eigenvalue weighted by atomic mass is 32.2. The molecule has 0 saturated carbocycles. The predicted molar refractivity (Wildman–Crippen MR) is 249 cm³/mol. The molecule has 0 unspecified atom stereocenters. The van der Waals surface area contributed by atoms with Gasteiger partial charge < -0.3 is 28.4 Å². The van der Waals surface area contributed by atoms with Crippen LogP contribution in [0.4, 0.5) is 4.79 Å². The second-order valence-corrected chi connectivity index (χ2v) is 17.2. The lowest BCUT2D eigenvalue weighted by molar-refractivity contribution is -0.0175. The van der Waals surface area contributed by atoms with Gasteiger partial charge in [-0.2, -0.15) is 0 Å². The van der Waals surface area contributed by atoms with E-state index >= 15 is 0 Å². The van der Waals surface area contributed by atoms with Crippen LogP contribution in [0.25, 0.3) is 0 Å². The monoisotopic (exact) mass is 896 g/mol. The van der Waals surface area contributed by atoms with E-state index in [0.29, 0.717) is 63.7 Å². The topological polar surface area (TPSA) is 113 Å². The molecule has 2 aliphatic heterocycles. The molecule has 4 aromatic rings. The molecule has 11 nitrogen and oxygen atoms in total. The van der Waals surface area contributed by atoms with Crippen LogP contribution in [-0.4, -0.2) is 112 Å². The average Bonchev–Trinajstić information content (AvgIpc) is 3.33. The zero-order valence-corrected chi connectivity index (χ0v) is 38.5. The Hall–Kier alpha value is -4.73. The van der Waals surface area contributed by atoms with Crippen molar-refractivity contribution in [3.63, 3.8) is 0 Å². The first kappa shape index (κ1) is 49.3. The minimum absolute atomic E-state index is 0.0741. The van der Waals surface area contributed by atoms with Crippen molar-refractivity contribution in [3.05, 3.63) is 133 Å². The van der Waals surface area contributed by atoms with E-state index in [1.54, 1.807) is 42.8 Å². The zero-order chi connectivity index (χ0) is 45.1. The first-order chi connectivity index (χ1) is 30.6. The number of methoxy groups -OCH3 is 2. The van der Waals surface area contributed by atoms with Crippen molar-refractivity contribution < 1.29 is 42.8 Å². The van der Waals surface area contributed by atoms with Gasteiger partial charge in [-0.25, -0.2) is 4.79 Å². The van der Waals surface area contributed by atoms with Crippen molar-refractivity contribution in [1.82, 2.24) is 9.80 Å². The fraction of sp³-hybridized carbons (Fsp3) is 0.380. The lowest BCUT2D eigenvalue weighted by Gasteiger charge is -2.44. The minimum atomic E-state index is -0.753. The highest BCUT2D eigenvalue weighted by Gasteiger charge is 2.43. The maximum Gasteiger partial charge on any atom is 0.513 e. The van der Waals surface area contributed by atoms with E-state index in [0.717, 1.165) is 56.8 Å². The summed E-state index contributed by atoms with van der Waals surface area (Å²) in [7, 11) is 2.87. The van der Waals surface area contributed by atoms with E-state index in [9.17, 15) is 14.4 Å². The van der Waals surface area contributed by atoms with Gasteiger partial charge in [-0.1, -0.05) is 73.8 Å². The Kier molecular flexibility index (Phi) is 19.5. The van der Waals surface area contributed by atoms with Crippen molar-refractivity contribution in [2.75, 3.05) is 73.6 Å². The van der Waals surface area contributed by atoms with Gasteiger partial charge in [0.2, 0.25) is 0 Å². The van der Waals surface area contributed by atoms with Gasteiger partial charge in [0, 0.05) is 64.0 Å². The van der Waals surface area contributed by atoms with Gasteiger partial charge in [-0.15, -0.1) is 13.2 Å². The van der Waals surface area contributed by atoms with E-state index in [2.05, 4.69) is 41.5 Å². The summed E-state index contributed by atoms with van der Waals surface area (Å²) < 4.78 is 30.8. The number of carbonyl (C=O) groups excluding carboxylic acids is 3. The summed E-state index contributed by atoms with van der Waals surface area (Å²) in [5.74, 6) is 1.48. The van der Waals surface area contributed by atoms with Gasteiger partial charge in [-0.05, 0) is 98.5 Å². The van der Waals surface area contributed by atoms with Crippen LogP contribution < -0.4 is 9.47 Å². The summed E-state index contributed by atoms with van der Waals surface area (Å²) >= 11 is 3.22. The van der Waals surface area contributed by atoms with Gasteiger partial charge in [0.05, 0.1) is 44.6 Å². The first-order valence-corrected chi connectivity index (χ1v) is 22.9. The van der Waals surface area contributed by atoms with E-state index in [4.69, 9.17) is 23.7 Å². The minimum Gasteiger partial charge on any atom is -0.468 e. The number of hydrogen-bond donors (Lipinski definition) is 0. The van der Waals surface area contributed by atoms with Gasteiger partial charge in [-0.3, -0.25) is 19.4 Å². The molecule has 2 saturated heterocycles. The van der Waals surface area contributed by atoms with Gasteiger partial charge >= 0.3 is 6.16 Å². The molecule has 0 radical (unpaired) electrons. The molecule has 0 amide bonds. The Labute approximate surface area is 381 Å². The summed E-state index contributed by atoms with van der Waals surface area (Å²) in [6.07, 6.45) is 5.58. The number of ketones is 2. The van der Waals surface area contributed by atoms with Crippen LogP contribution in [0.1, 0.15) is 60.2 Å². The Morgan fingerprint density at radius 3 is 1.37 bits per heavy atom. The summed E-state index contributed by atoms with van der Waals surface area (Å²) in [5.41, 5.74) is 0.294. The summed E-state index contributed by atoms with van der Waals surface area (Å²) in [5, 5.41) is 0. The van der Waals surface area contributed by atoms with Crippen LogP contribution in [0.2, 0.25) is 0 Å². The summed E-state index contributed by atoms with van der Waals surface area (Å²) in [4.78, 5) is 47.2. The predicted octanol–water partition coefficient (Wildman–Crippen LogP) is 10.3. The molecule has 6 rings (SSSR count). The van der Waals surface area contributed by atoms with Crippen LogP contribution >= 0.6 is 23.5 Å². The number of morpholine rings is 2. The van der Waals surface area contributed by atoms with Crippen molar-refractivity contribution in [1.29, 1.82) is 0 Å². The first-order valence-electron chi connectivity index (χ1n) is 21.3. The van der Waals surface area contributed by atoms with Crippen molar-refractivity contribution in [2.45, 2.75) is 70.2 Å². The molecular formula is C50H60N2O9S2. The number of carbonyl (C=O) groups is 3. The lowest BCUT2D eigenvalue weighted by atomic mass is 9.81. The highest BCUT2D eigenvalue weighted by Crippen LogP contribution is 2.35. The molecule has 0 aromatic heterocycles. The molecule has 4 aromatic carbocycles. The maximum atomic E-state index is 13.7. The second-order valence-electron chi connectivity index (χ2n) is 14.9. The molecule has 0 spiro atoms. The number of benzene rings is 4. The van der Waals surface area contributed by atoms with Crippen LogP contribution in [0.15, 0.2) is 142 Å². The molecule has 13 heteroatoms. The third-order valence-corrected chi connectivity index (χ3v) is 13.3. The molecule has 2 heterocycles. The standard InChI is InChI=1S/C26H29NO5S.C24H31NO4S/c1-4-14-26(15-5-2,27-16-18-31-19-17-27)24(28)20-6-10-22(11-7-20)33-23-12-8-21(9-13-23)32-25(29)30-3;1-4-24(5-2,25-14-16-28-17-15-25)23(26)19-6-10-21(11-7-19)30-22-12-8-20(9-13-22)29-18-27-3/h4-13H,1-2,14-19H2,3H3;6-13H,4-5,14-18H2,1-3H3. The number of Topliss-reactive ketones (excluding diaryl/α,β-unsaturated/α-hetero) is 2. The van der Waals surface area contributed by atoms with Crippen molar-refractivity contribution >= 4 is 41.2 Å². The zero-order valence-electron chi connectivity index (χ0n) is 36.9. The smallest absolute Gasteiger partial charge is 0.468 e. The normalized spacial score (nSPS) is 14.7. The SMILES string of the molecule is C=CCC(CC=C)(C(=O)c1ccc(Sc2ccc(OC(=O)OC)cc2)cc1)N1CCOCC1.CCC(CC)(C(=O)c1ccc(Sc2ccc(OCOC)cc2)cc1)N1CCOCC1. The van der Waals surface area contributed by atoms with Crippen LogP contribution in [0.5, 0.6) is 11.5 Å². The van der Waals surface area contributed by atoms with Gasteiger partial charge in [0.25, 0.3) is 0 Å². The molecule has 336 valence electrons. The summed E-state index contributed by atoms with van der Waals surface area (Å²) in [6.45, 7) is 17.9. The van der Waals surface area contributed by atoms with Crippen LogP contribution in [-0.2, 0) is 18.9 Å². The Balaban J connectivity index is 0.000000239. The molecule has 0 aliphatic carbocycles. The molecular weight excluding hydrogens is 837 g/mol. The number of hydrogen-bond acceptors (Lipinski definition) is 13. The number of rotatable bonds is 20. The Bertz CT molecular complexity index is 2050. The van der Waals surface area contributed by atoms with E-state index in [1.165, 1.54) is 7.11 Å². The Morgan fingerprint density at radius 2 is 0.984 bits per heavy atom. The quantitative estimate of drug-likeness (QED) is 0.0276. The van der Waals surface area contributed by atoms with Crippen molar-refractivity contribution in [2.24, 2.45) is 0 Å².